The van der Waals surface area contributed by atoms with Gasteiger partial charge in [0.1, 0.15) is 49.4 Å². The summed E-state index contributed by atoms with van der Waals surface area (Å²) in [5, 5.41) is 0. The van der Waals surface area contributed by atoms with Gasteiger partial charge in [-0.05, 0) is 95.5 Å². The maximum Gasteiger partial charge on any atom is 0.297 e. The molecule has 0 saturated heterocycles. The minimum absolute atomic E-state index is 0.00604. The molecule has 0 unspecified atom stereocenters. The summed E-state index contributed by atoms with van der Waals surface area (Å²) in [5.74, 6) is 2.84. The van der Waals surface area contributed by atoms with E-state index in [0.29, 0.717) is 50.4 Å². The summed E-state index contributed by atoms with van der Waals surface area (Å²) >= 11 is 0. The Labute approximate surface area is 378 Å². The lowest BCUT2D eigenvalue weighted by atomic mass is 9.91. The normalized spacial score (nSPS) is 12.7. The van der Waals surface area contributed by atoms with Crippen LogP contribution in [0.25, 0.3) is 0 Å². The summed E-state index contributed by atoms with van der Waals surface area (Å²) in [4.78, 5) is 0.184. The second-order valence-electron chi connectivity index (χ2n) is 15.9. The summed E-state index contributed by atoms with van der Waals surface area (Å²) in [6, 6.07) is 37.6. The van der Waals surface area contributed by atoms with Gasteiger partial charge in [-0.1, -0.05) is 122 Å². The third-order valence-corrected chi connectivity index (χ3v) is 13.5. The van der Waals surface area contributed by atoms with Gasteiger partial charge in [0, 0.05) is 25.7 Å². The van der Waals surface area contributed by atoms with Crippen LogP contribution in [-0.4, -0.2) is 56.5 Å². The molecular weight excluding hydrogens is 849 g/mol. The Morgan fingerprint density at radius 2 is 0.609 bits per heavy atom. The Balaban J connectivity index is 1.26. The first kappa shape index (κ1) is 46.3. The number of hydrogen-bond donors (Lipinski definition) is 0. The van der Waals surface area contributed by atoms with E-state index in [2.05, 4.69) is 38.1 Å². The first-order valence-electron chi connectivity index (χ1n) is 21.8. The Morgan fingerprint density at radius 3 is 0.859 bits per heavy atom. The Hall–Kier alpha value is -5.66. The van der Waals surface area contributed by atoms with Crippen molar-refractivity contribution in [3.63, 3.8) is 0 Å². The van der Waals surface area contributed by atoms with E-state index < -0.39 is 20.2 Å². The van der Waals surface area contributed by atoms with E-state index in [0.717, 1.165) is 80.0 Å². The largest absolute Gasteiger partial charge is 0.493 e. The quantitative estimate of drug-likeness (QED) is 0.0607. The van der Waals surface area contributed by atoms with Crippen LogP contribution in [0.4, 0.5) is 0 Å². The fourth-order valence-corrected chi connectivity index (χ4v) is 9.54. The average molecular weight is 905 g/mol. The van der Waals surface area contributed by atoms with Crippen molar-refractivity contribution in [2.75, 3.05) is 39.6 Å². The van der Waals surface area contributed by atoms with Gasteiger partial charge < -0.3 is 18.9 Å². The predicted octanol–water partition coefficient (Wildman–Crippen LogP) is 10.1. The van der Waals surface area contributed by atoms with Gasteiger partial charge in [-0.2, -0.15) is 16.8 Å². The monoisotopic (exact) mass is 904 g/mol. The zero-order valence-corrected chi connectivity index (χ0v) is 38.6. The molecule has 0 heterocycles. The molecule has 0 amide bonds. The molecule has 0 N–H and O–H groups in total. The summed E-state index contributed by atoms with van der Waals surface area (Å²) < 4.78 is 89.5. The smallest absolute Gasteiger partial charge is 0.297 e. The SMILES string of the molecule is CCCOc1c2cccc1Cc1cccc(c1OCCOS(=O)(=O)c1ccc(C)cc1)Cc1cccc(c1OCCC)Cc1cccc(c1OCCOS(=O)(=O)c1ccc(C)cc1)C2. The summed E-state index contributed by atoms with van der Waals surface area (Å²) in [5.41, 5.74) is 9.36. The first-order valence-corrected chi connectivity index (χ1v) is 24.6. The fourth-order valence-electron chi connectivity index (χ4n) is 7.76. The highest BCUT2D eigenvalue weighted by molar-refractivity contribution is 7.87. The third kappa shape index (κ3) is 11.5. The van der Waals surface area contributed by atoms with E-state index in [1.54, 1.807) is 48.5 Å². The average Bonchev–Trinajstić information content (AvgIpc) is 3.27. The van der Waals surface area contributed by atoms with Crippen LogP contribution in [0.15, 0.2) is 131 Å². The van der Waals surface area contributed by atoms with Crippen molar-refractivity contribution in [2.45, 2.75) is 76.0 Å². The second kappa shape index (κ2) is 21.3. The topological polar surface area (TPSA) is 124 Å². The van der Waals surface area contributed by atoms with Crippen LogP contribution in [-0.2, 0) is 54.3 Å². The van der Waals surface area contributed by atoms with Gasteiger partial charge in [-0.3, -0.25) is 8.37 Å². The highest BCUT2D eigenvalue weighted by atomic mass is 32.2. The number of aryl methyl sites for hydroxylation is 2. The fraction of sp³-hybridized carbons (Fsp3) is 0.308. The molecular formula is C52H56O10S2. The molecule has 10 nitrogen and oxygen atoms in total. The van der Waals surface area contributed by atoms with E-state index in [4.69, 9.17) is 27.3 Å². The minimum Gasteiger partial charge on any atom is -0.493 e. The third-order valence-electron chi connectivity index (χ3n) is 10.9. The zero-order valence-electron chi connectivity index (χ0n) is 36.9. The molecule has 0 saturated carbocycles. The van der Waals surface area contributed by atoms with Crippen molar-refractivity contribution >= 4 is 20.2 Å². The van der Waals surface area contributed by atoms with Crippen LogP contribution in [0, 0.1) is 13.8 Å². The highest BCUT2D eigenvalue weighted by Crippen LogP contribution is 2.39. The number of benzene rings is 6. The van der Waals surface area contributed by atoms with Crippen molar-refractivity contribution in [3.05, 3.63) is 177 Å². The number of ether oxygens (including phenoxy) is 4. The van der Waals surface area contributed by atoms with Crippen LogP contribution in [0.1, 0.15) is 82.3 Å². The molecule has 6 aromatic carbocycles. The van der Waals surface area contributed by atoms with Crippen molar-refractivity contribution in [3.8, 4) is 23.0 Å². The van der Waals surface area contributed by atoms with Crippen LogP contribution < -0.4 is 18.9 Å². The van der Waals surface area contributed by atoms with Crippen molar-refractivity contribution < 1.29 is 44.1 Å². The van der Waals surface area contributed by atoms with E-state index in [9.17, 15) is 16.8 Å². The lowest BCUT2D eigenvalue weighted by Gasteiger charge is -2.22. The van der Waals surface area contributed by atoms with E-state index in [-0.39, 0.29) is 36.2 Å². The predicted molar refractivity (Wildman–Crippen MR) is 248 cm³/mol. The van der Waals surface area contributed by atoms with Gasteiger partial charge >= 0.3 is 0 Å². The summed E-state index contributed by atoms with van der Waals surface area (Å²) in [6.07, 6.45) is 3.47. The molecule has 8 bridgehead atoms. The molecule has 12 heteroatoms. The molecule has 0 aromatic heterocycles. The lowest BCUT2D eigenvalue weighted by molar-refractivity contribution is 0.218. The molecule has 1 aliphatic rings. The molecule has 1 aliphatic carbocycles. The van der Waals surface area contributed by atoms with Crippen LogP contribution in [0.5, 0.6) is 23.0 Å². The molecule has 7 rings (SSSR count). The van der Waals surface area contributed by atoms with Gasteiger partial charge in [0.05, 0.1) is 23.0 Å². The number of rotatable bonds is 18. The van der Waals surface area contributed by atoms with Gasteiger partial charge in [-0.15, -0.1) is 0 Å². The van der Waals surface area contributed by atoms with Crippen molar-refractivity contribution in [1.82, 2.24) is 0 Å². The summed E-state index contributed by atoms with van der Waals surface area (Å²) in [6.45, 7) is 8.58. The Kier molecular flexibility index (Phi) is 15.5. The molecule has 6 aromatic rings. The maximum absolute atomic E-state index is 13.1. The van der Waals surface area contributed by atoms with Gasteiger partial charge in [0.2, 0.25) is 0 Å². The zero-order chi connectivity index (χ0) is 45.1. The van der Waals surface area contributed by atoms with Crippen LogP contribution in [0.2, 0.25) is 0 Å². The van der Waals surface area contributed by atoms with Gasteiger partial charge in [0.15, 0.2) is 0 Å². The standard InChI is InChI=1S/C52H56O10S2/c1-5-27-57-49-39-11-7-12-40(49)34-44-16-10-18-46(52(44)60-30-32-62-64(55,56)48-25-21-38(4)22-26-48)36-42-14-8-13-41(50(42)58-28-6-2)35-45-17-9-15-43(33-39)51(45)59-29-31-61-63(53,54)47-23-19-37(3)20-24-47/h7-26H,5-6,27-36H2,1-4H3. The molecule has 0 radical (unpaired) electrons. The molecule has 0 aliphatic heterocycles. The minimum atomic E-state index is -3.99. The number of hydrogen-bond acceptors (Lipinski definition) is 10. The van der Waals surface area contributed by atoms with E-state index >= 15 is 0 Å². The van der Waals surface area contributed by atoms with Crippen molar-refractivity contribution in [2.24, 2.45) is 0 Å². The van der Waals surface area contributed by atoms with E-state index in [1.807, 2.05) is 62.4 Å². The number of fused-ring (bicyclic) bond motifs is 8. The van der Waals surface area contributed by atoms with Crippen molar-refractivity contribution in [1.29, 1.82) is 0 Å². The lowest BCUT2D eigenvalue weighted by Crippen LogP contribution is -2.15. The van der Waals surface area contributed by atoms with Crippen LogP contribution in [0.3, 0.4) is 0 Å². The van der Waals surface area contributed by atoms with Gasteiger partial charge in [0.25, 0.3) is 20.2 Å². The maximum atomic E-state index is 13.1. The first-order chi connectivity index (χ1) is 31.0. The second-order valence-corrected chi connectivity index (χ2v) is 19.1. The van der Waals surface area contributed by atoms with Crippen LogP contribution >= 0.6 is 0 Å². The van der Waals surface area contributed by atoms with Gasteiger partial charge in [-0.25, -0.2) is 0 Å². The molecule has 0 fully saturated rings. The molecule has 336 valence electrons. The summed E-state index contributed by atoms with van der Waals surface area (Å²) in [7, 11) is -7.98. The molecule has 64 heavy (non-hydrogen) atoms. The molecule has 0 spiro atoms. The highest BCUT2D eigenvalue weighted by Gasteiger charge is 2.23. The Bertz CT molecular complexity index is 2470. The Morgan fingerprint density at radius 1 is 0.359 bits per heavy atom. The van der Waals surface area contributed by atoms with E-state index in [1.165, 1.54) is 0 Å². The number of para-hydroxylation sites is 4. The molecule has 0 atom stereocenters.